The second-order valence-corrected chi connectivity index (χ2v) is 4.10. The molecule has 0 bridgehead atoms. The largest absolute Gasteiger partial charge is 0.497 e. The van der Waals surface area contributed by atoms with Crippen LogP contribution in [-0.2, 0) is 6.54 Å². The van der Waals surface area contributed by atoms with E-state index in [0.717, 1.165) is 0 Å². The van der Waals surface area contributed by atoms with Crippen molar-refractivity contribution >= 4 is 17.7 Å². The van der Waals surface area contributed by atoms with E-state index in [1.165, 1.54) is 31.6 Å². The molecule has 2 rings (SSSR count). The Hall–Kier alpha value is -2.96. The second-order valence-electron chi connectivity index (χ2n) is 4.10. The maximum absolute atomic E-state index is 11.8. The first-order valence-electron chi connectivity index (χ1n) is 6.08. The Morgan fingerprint density at radius 1 is 1.33 bits per heavy atom. The smallest absolute Gasteiger partial charge is 0.337 e. The fourth-order valence-corrected chi connectivity index (χ4v) is 1.69. The lowest BCUT2D eigenvalue weighted by molar-refractivity contribution is 0.0698. The van der Waals surface area contributed by atoms with E-state index in [9.17, 15) is 9.59 Å². The van der Waals surface area contributed by atoms with Crippen LogP contribution in [0.1, 0.15) is 16.1 Å². The number of urea groups is 1. The van der Waals surface area contributed by atoms with Crippen LogP contribution in [-0.4, -0.2) is 24.2 Å². The quantitative estimate of drug-likeness (QED) is 0.784. The number of hydrogen-bond acceptors (Lipinski definition) is 4. The molecule has 0 saturated heterocycles. The summed E-state index contributed by atoms with van der Waals surface area (Å²) in [7, 11) is 1.45. The van der Waals surface area contributed by atoms with Crippen LogP contribution in [0.5, 0.6) is 5.75 Å². The van der Waals surface area contributed by atoms with Crippen LogP contribution in [0.4, 0.5) is 10.5 Å². The maximum atomic E-state index is 11.8. The summed E-state index contributed by atoms with van der Waals surface area (Å²) in [6.07, 6.45) is 1.50. The number of carbonyl (C=O) groups is 2. The molecule has 0 spiro atoms. The highest BCUT2D eigenvalue weighted by Crippen LogP contribution is 2.22. The maximum Gasteiger partial charge on any atom is 0.337 e. The number of carboxylic acid groups (broad SMARTS) is 1. The Labute approximate surface area is 120 Å². The number of carbonyl (C=O) groups excluding carboxylic acids is 1. The van der Waals surface area contributed by atoms with Crippen LogP contribution in [0.15, 0.2) is 41.0 Å². The fraction of sp³-hybridized carbons (Fsp3) is 0.143. The molecule has 7 nitrogen and oxygen atoms in total. The number of aromatic carboxylic acids is 1. The minimum absolute atomic E-state index is 0.0241. The second kappa shape index (κ2) is 6.47. The highest BCUT2D eigenvalue weighted by Gasteiger charge is 2.13. The number of hydrogen-bond donors (Lipinski definition) is 3. The number of furan rings is 1. The van der Waals surface area contributed by atoms with Gasteiger partial charge in [0.2, 0.25) is 0 Å². The highest BCUT2D eigenvalue weighted by molar-refractivity contribution is 6.00. The van der Waals surface area contributed by atoms with Gasteiger partial charge in [0.25, 0.3) is 0 Å². The highest BCUT2D eigenvalue weighted by atomic mass is 16.5. The summed E-state index contributed by atoms with van der Waals surface area (Å²) >= 11 is 0. The number of anilines is 1. The van der Waals surface area contributed by atoms with E-state index in [2.05, 4.69) is 10.6 Å². The first kappa shape index (κ1) is 14.4. The van der Waals surface area contributed by atoms with E-state index in [0.29, 0.717) is 11.5 Å². The topological polar surface area (TPSA) is 101 Å². The molecule has 0 aliphatic heterocycles. The standard InChI is InChI=1S/C14H14N2O5/c1-20-9-4-5-11(13(17)18)12(7-9)16-14(19)15-8-10-3-2-6-21-10/h2-7H,8H2,1H3,(H,17,18)(H2,15,16,19). The van der Waals surface area contributed by atoms with Crippen LogP contribution in [0.25, 0.3) is 0 Å². The monoisotopic (exact) mass is 290 g/mol. The van der Waals surface area contributed by atoms with Crippen molar-refractivity contribution in [2.45, 2.75) is 6.54 Å². The lowest BCUT2D eigenvalue weighted by Crippen LogP contribution is -2.28. The van der Waals surface area contributed by atoms with E-state index in [1.54, 1.807) is 12.1 Å². The van der Waals surface area contributed by atoms with Gasteiger partial charge in [-0.05, 0) is 24.3 Å². The predicted octanol–water partition coefficient (Wildman–Crippen LogP) is 2.31. The summed E-state index contributed by atoms with van der Waals surface area (Å²) < 4.78 is 10.1. The molecule has 0 unspecified atom stereocenters. The average molecular weight is 290 g/mol. The number of carboxylic acids is 1. The molecule has 0 atom stereocenters. The molecule has 3 N–H and O–H groups in total. The van der Waals surface area contributed by atoms with Crippen LogP contribution in [0.2, 0.25) is 0 Å². The Morgan fingerprint density at radius 3 is 2.76 bits per heavy atom. The van der Waals surface area contributed by atoms with Crippen molar-refractivity contribution in [2.75, 3.05) is 12.4 Å². The third kappa shape index (κ3) is 3.75. The molecule has 0 aliphatic rings. The van der Waals surface area contributed by atoms with E-state index >= 15 is 0 Å². The summed E-state index contributed by atoms with van der Waals surface area (Å²) in [6.45, 7) is 0.200. The van der Waals surface area contributed by atoms with Crippen molar-refractivity contribution in [3.63, 3.8) is 0 Å². The summed E-state index contributed by atoms with van der Waals surface area (Å²) in [5.41, 5.74) is 0.128. The van der Waals surface area contributed by atoms with Crippen LogP contribution in [0, 0.1) is 0 Å². The molecular formula is C14H14N2O5. The van der Waals surface area contributed by atoms with E-state index < -0.39 is 12.0 Å². The minimum atomic E-state index is -1.14. The predicted molar refractivity (Wildman–Crippen MR) is 74.5 cm³/mol. The number of amides is 2. The van der Waals surface area contributed by atoms with Crippen molar-refractivity contribution in [3.8, 4) is 5.75 Å². The molecule has 2 aromatic rings. The molecule has 0 aliphatic carbocycles. The van der Waals surface area contributed by atoms with Gasteiger partial charge in [0, 0.05) is 6.07 Å². The van der Waals surface area contributed by atoms with Crippen molar-refractivity contribution < 1.29 is 23.8 Å². The van der Waals surface area contributed by atoms with Gasteiger partial charge in [-0.3, -0.25) is 0 Å². The van der Waals surface area contributed by atoms with Gasteiger partial charge in [-0.2, -0.15) is 0 Å². The van der Waals surface area contributed by atoms with Gasteiger partial charge < -0.3 is 24.9 Å². The lowest BCUT2D eigenvalue weighted by Gasteiger charge is -2.10. The number of benzene rings is 1. The molecule has 110 valence electrons. The number of methoxy groups -OCH3 is 1. The van der Waals surface area contributed by atoms with Crippen molar-refractivity contribution in [2.24, 2.45) is 0 Å². The molecular weight excluding hydrogens is 276 g/mol. The molecule has 21 heavy (non-hydrogen) atoms. The molecule has 0 radical (unpaired) electrons. The van der Waals surface area contributed by atoms with Crippen LogP contribution < -0.4 is 15.4 Å². The third-order valence-electron chi connectivity index (χ3n) is 2.71. The summed E-state index contributed by atoms with van der Waals surface area (Å²) in [4.78, 5) is 22.9. The SMILES string of the molecule is COc1ccc(C(=O)O)c(NC(=O)NCc2ccco2)c1. The Kier molecular flexibility index (Phi) is 4.45. The molecule has 0 fully saturated rings. The van der Waals surface area contributed by atoms with Gasteiger partial charge in [-0.15, -0.1) is 0 Å². The Morgan fingerprint density at radius 2 is 2.14 bits per heavy atom. The van der Waals surface area contributed by atoms with Crippen LogP contribution in [0.3, 0.4) is 0 Å². The number of nitrogens with one attached hydrogen (secondary N) is 2. The average Bonchev–Trinajstić information content (AvgIpc) is 2.98. The van der Waals surface area contributed by atoms with Gasteiger partial charge in [-0.25, -0.2) is 9.59 Å². The normalized spacial score (nSPS) is 9.95. The zero-order valence-electron chi connectivity index (χ0n) is 11.3. The van der Waals surface area contributed by atoms with Crippen molar-refractivity contribution in [3.05, 3.63) is 47.9 Å². The van der Waals surface area contributed by atoms with Gasteiger partial charge in [0.1, 0.15) is 11.5 Å². The molecule has 1 aromatic heterocycles. The van der Waals surface area contributed by atoms with Crippen LogP contribution >= 0.6 is 0 Å². The first-order valence-corrected chi connectivity index (χ1v) is 6.08. The van der Waals surface area contributed by atoms with Gasteiger partial charge in [0.05, 0.1) is 31.2 Å². The summed E-state index contributed by atoms with van der Waals surface area (Å²) in [5.74, 6) is -0.102. The zero-order chi connectivity index (χ0) is 15.2. The van der Waals surface area contributed by atoms with Crippen molar-refractivity contribution in [1.29, 1.82) is 0 Å². The number of rotatable bonds is 5. The Bertz CT molecular complexity index is 637. The number of ether oxygens (including phenoxy) is 1. The molecule has 1 aromatic carbocycles. The zero-order valence-corrected chi connectivity index (χ0v) is 11.3. The fourth-order valence-electron chi connectivity index (χ4n) is 1.69. The summed E-state index contributed by atoms with van der Waals surface area (Å²) in [5, 5.41) is 14.1. The van der Waals surface area contributed by atoms with E-state index in [1.807, 2.05) is 0 Å². The van der Waals surface area contributed by atoms with E-state index in [-0.39, 0.29) is 17.8 Å². The van der Waals surface area contributed by atoms with Gasteiger partial charge in [0.15, 0.2) is 0 Å². The van der Waals surface area contributed by atoms with Gasteiger partial charge in [-0.1, -0.05) is 0 Å². The van der Waals surface area contributed by atoms with Gasteiger partial charge >= 0.3 is 12.0 Å². The molecule has 0 saturated carbocycles. The Balaban J connectivity index is 2.06. The lowest BCUT2D eigenvalue weighted by atomic mass is 10.1. The molecule has 1 heterocycles. The van der Waals surface area contributed by atoms with Crippen molar-refractivity contribution in [1.82, 2.24) is 5.32 Å². The minimum Gasteiger partial charge on any atom is -0.497 e. The third-order valence-corrected chi connectivity index (χ3v) is 2.71. The molecule has 2 amide bonds. The first-order chi connectivity index (χ1) is 10.1. The van der Waals surface area contributed by atoms with E-state index in [4.69, 9.17) is 14.3 Å². The molecule has 7 heteroatoms. The summed E-state index contributed by atoms with van der Waals surface area (Å²) in [6, 6.07) is 7.20.